The third-order valence-corrected chi connectivity index (χ3v) is 5.96. The average molecular weight is 413 g/mol. The van der Waals surface area contributed by atoms with Gasteiger partial charge in [0.05, 0.1) is 11.3 Å². The highest BCUT2D eigenvalue weighted by molar-refractivity contribution is 7.13. The summed E-state index contributed by atoms with van der Waals surface area (Å²) in [4.78, 5) is 22.3. The van der Waals surface area contributed by atoms with E-state index in [0.717, 1.165) is 56.0 Å². The fraction of sp³-hybridized carbons (Fsp3) is 0.381. The maximum atomic E-state index is 12.5. The van der Waals surface area contributed by atoms with Gasteiger partial charge in [0.2, 0.25) is 17.6 Å². The molecule has 1 amide bonds. The number of piperazine rings is 1. The second-order valence-electron chi connectivity index (χ2n) is 7.16. The molecule has 4 rings (SSSR count). The fourth-order valence-corrected chi connectivity index (χ4v) is 4.09. The molecular formula is C21H24N4O3S. The quantitative estimate of drug-likeness (QED) is 0.643. The Kier molecular flexibility index (Phi) is 6.21. The van der Waals surface area contributed by atoms with Gasteiger partial charge in [-0.15, -0.1) is 11.3 Å². The Morgan fingerprint density at radius 2 is 1.93 bits per heavy atom. The number of hydrogen-bond donors (Lipinski definition) is 1. The van der Waals surface area contributed by atoms with Crippen molar-refractivity contribution in [2.24, 2.45) is 0 Å². The van der Waals surface area contributed by atoms with Crippen molar-refractivity contribution in [3.63, 3.8) is 0 Å². The van der Waals surface area contributed by atoms with Gasteiger partial charge in [0.1, 0.15) is 5.75 Å². The number of nitrogens with zero attached hydrogens (tertiary/aromatic N) is 4. The predicted octanol–water partition coefficient (Wildman–Crippen LogP) is 2.82. The number of rotatable bonds is 7. The van der Waals surface area contributed by atoms with Crippen LogP contribution >= 0.6 is 11.3 Å². The molecule has 0 bridgehead atoms. The van der Waals surface area contributed by atoms with Crippen LogP contribution in [-0.4, -0.2) is 63.7 Å². The number of amides is 1. The van der Waals surface area contributed by atoms with Crippen LogP contribution in [0, 0.1) is 0 Å². The van der Waals surface area contributed by atoms with Gasteiger partial charge < -0.3 is 14.5 Å². The number of phenols is 1. The standard InChI is InChI=1S/C21H24N4O3S/c26-17-7-5-16(6-8-17)15-20(27)25-12-10-24(11-13-25)9-1-4-19-22-21(23-28-19)18-3-2-14-29-18/h2-3,5-8,14,26H,1,4,9-13,15H2. The first-order valence-electron chi connectivity index (χ1n) is 9.82. The van der Waals surface area contributed by atoms with E-state index in [4.69, 9.17) is 4.52 Å². The molecule has 1 aliphatic rings. The first-order valence-corrected chi connectivity index (χ1v) is 10.7. The maximum absolute atomic E-state index is 12.5. The molecule has 0 radical (unpaired) electrons. The zero-order valence-electron chi connectivity index (χ0n) is 16.2. The molecule has 0 spiro atoms. The number of aromatic nitrogens is 2. The first kappa shape index (κ1) is 19.6. The lowest BCUT2D eigenvalue weighted by atomic mass is 10.1. The lowest BCUT2D eigenvalue weighted by molar-refractivity contribution is -0.132. The fourth-order valence-electron chi connectivity index (χ4n) is 3.44. The van der Waals surface area contributed by atoms with E-state index in [1.165, 1.54) is 0 Å². The number of hydrogen-bond acceptors (Lipinski definition) is 7. The number of carbonyl (C=O) groups is 1. The molecule has 1 aliphatic heterocycles. The summed E-state index contributed by atoms with van der Waals surface area (Å²) in [6.45, 7) is 4.22. The number of carbonyl (C=O) groups excluding carboxylic acids is 1. The second-order valence-corrected chi connectivity index (χ2v) is 8.11. The van der Waals surface area contributed by atoms with Crippen LogP contribution in [0.2, 0.25) is 0 Å². The van der Waals surface area contributed by atoms with Gasteiger partial charge in [-0.05, 0) is 42.1 Å². The largest absolute Gasteiger partial charge is 0.508 e. The van der Waals surface area contributed by atoms with E-state index in [2.05, 4.69) is 15.0 Å². The Balaban J connectivity index is 1.17. The minimum Gasteiger partial charge on any atom is -0.508 e. The van der Waals surface area contributed by atoms with E-state index in [-0.39, 0.29) is 11.7 Å². The Morgan fingerprint density at radius 3 is 2.66 bits per heavy atom. The highest BCUT2D eigenvalue weighted by Crippen LogP contribution is 2.21. The highest BCUT2D eigenvalue weighted by Gasteiger charge is 2.21. The van der Waals surface area contributed by atoms with E-state index >= 15 is 0 Å². The summed E-state index contributed by atoms with van der Waals surface area (Å²) >= 11 is 1.60. The smallest absolute Gasteiger partial charge is 0.227 e. The topological polar surface area (TPSA) is 82.7 Å². The molecule has 0 saturated carbocycles. The van der Waals surface area contributed by atoms with Crippen molar-refractivity contribution in [1.82, 2.24) is 19.9 Å². The van der Waals surface area contributed by atoms with E-state index in [9.17, 15) is 9.90 Å². The van der Waals surface area contributed by atoms with Gasteiger partial charge in [-0.25, -0.2) is 0 Å². The number of thiophene rings is 1. The average Bonchev–Trinajstić information content (AvgIpc) is 3.42. The summed E-state index contributed by atoms with van der Waals surface area (Å²) < 4.78 is 5.35. The molecule has 0 unspecified atom stereocenters. The molecule has 152 valence electrons. The molecular weight excluding hydrogens is 388 g/mol. The van der Waals surface area contributed by atoms with Crippen molar-refractivity contribution >= 4 is 17.2 Å². The van der Waals surface area contributed by atoms with Crippen LogP contribution in [0.4, 0.5) is 0 Å². The van der Waals surface area contributed by atoms with Gasteiger partial charge >= 0.3 is 0 Å². The van der Waals surface area contributed by atoms with E-state index in [1.54, 1.807) is 35.6 Å². The molecule has 3 heterocycles. The molecule has 8 heteroatoms. The van der Waals surface area contributed by atoms with Crippen LogP contribution in [0.25, 0.3) is 10.7 Å². The summed E-state index contributed by atoms with van der Waals surface area (Å²) in [5.74, 6) is 1.70. The summed E-state index contributed by atoms with van der Waals surface area (Å²) in [6, 6.07) is 10.8. The molecule has 1 aromatic carbocycles. The molecule has 0 aliphatic carbocycles. The van der Waals surface area contributed by atoms with Gasteiger partial charge in [0.25, 0.3) is 0 Å². The Morgan fingerprint density at radius 1 is 1.14 bits per heavy atom. The number of benzene rings is 1. The lowest BCUT2D eigenvalue weighted by Crippen LogP contribution is -2.49. The van der Waals surface area contributed by atoms with Crippen LogP contribution in [-0.2, 0) is 17.6 Å². The van der Waals surface area contributed by atoms with Crippen molar-refractivity contribution in [2.45, 2.75) is 19.3 Å². The third-order valence-electron chi connectivity index (χ3n) is 5.09. The van der Waals surface area contributed by atoms with Gasteiger partial charge in [0.15, 0.2) is 0 Å². The van der Waals surface area contributed by atoms with Crippen molar-refractivity contribution in [3.05, 3.63) is 53.2 Å². The monoisotopic (exact) mass is 412 g/mol. The second kappa shape index (κ2) is 9.19. The molecule has 1 fully saturated rings. The third kappa shape index (κ3) is 5.21. The highest BCUT2D eigenvalue weighted by atomic mass is 32.1. The van der Waals surface area contributed by atoms with E-state index in [1.807, 2.05) is 22.4 Å². The minimum atomic E-state index is 0.141. The molecule has 2 aromatic heterocycles. The van der Waals surface area contributed by atoms with Crippen molar-refractivity contribution in [2.75, 3.05) is 32.7 Å². The zero-order chi connectivity index (χ0) is 20.1. The molecule has 3 aromatic rings. The SMILES string of the molecule is O=C(Cc1ccc(O)cc1)N1CCN(CCCc2nc(-c3cccs3)no2)CC1. The van der Waals surface area contributed by atoms with E-state index < -0.39 is 0 Å². The van der Waals surface area contributed by atoms with Crippen molar-refractivity contribution in [3.8, 4) is 16.5 Å². The Labute approximate surface area is 173 Å². The van der Waals surface area contributed by atoms with Crippen LogP contribution in [0.1, 0.15) is 17.9 Å². The summed E-state index contributed by atoms with van der Waals surface area (Å²) in [7, 11) is 0. The molecule has 7 nitrogen and oxygen atoms in total. The van der Waals surface area contributed by atoms with E-state index in [0.29, 0.717) is 18.1 Å². The normalized spacial score (nSPS) is 15.0. The maximum Gasteiger partial charge on any atom is 0.227 e. The van der Waals surface area contributed by atoms with Crippen molar-refractivity contribution < 1.29 is 14.4 Å². The van der Waals surface area contributed by atoms with Crippen molar-refractivity contribution in [1.29, 1.82) is 0 Å². The predicted molar refractivity (Wildman–Crippen MR) is 111 cm³/mol. The van der Waals surface area contributed by atoms with Gasteiger partial charge in [-0.2, -0.15) is 4.98 Å². The number of phenolic OH excluding ortho intramolecular Hbond substituents is 1. The number of aryl methyl sites for hydroxylation is 1. The summed E-state index contributed by atoms with van der Waals surface area (Å²) in [6.07, 6.45) is 2.09. The van der Waals surface area contributed by atoms with Crippen LogP contribution < -0.4 is 0 Å². The zero-order valence-corrected chi connectivity index (χ0v) is 17.0. The van der Waals surface area contributed by atoms with Gasteiger partial charge in [-0.1, -0.05) is 23.4 Å². The Hall–Kier alpha value is -2.71. The molecule has 0 atom stereocenters. The summed E-state index contributed by atoms with van der Waals surface area (Å²) in [5.41, 5.74) is 0.928. The van der Waals surface area contributed by atoms with Gasteiger partial charge in [0, 0.05) is 32.6 Å². The Bertz CT molecular complexity index is 916. The summed E-state index contributed by atoms with van der Waals surface area (Å²) in [5, 5.41) is 15.4. The number of aromatic hydroxyl groups is 1. The van der Waals surface area contributed by atoms with Crippen LogP contribution in [0.5, 0.6) is 5.75 Å². The molecule has 1 N–H and O–H groups in total. The van der Waals surface area contributed by atoms with Crippen LogP contribution in [0.3, 0.4) is 0 Å². The minimum absolute atomic E-state index is 0.141. The molecule has 29 heavy (non-hydrogen) atoms. The van der Waals surface area contributed by atoms with Gasteiger partial charge in [-0.3, -0.25) is 9.69 Å². The van der Waals surface area contributed by atoms with Crippen LogP contribution in [0.15, 0.2) is 46.3 Å². The molecule has 1 saturated heterocycles. The lowest BCUT2D eigenvalue weighted by Gasteiger charge is -2.34. The first-order chi connectivity index (χ1) is 14.2.